The summed E-state index contributed by atoms with van der Waals surface area (Å²) in [5, 5.41) is 16.6. The Morgan fingerprint density at radius 1 is 0.784 bits per heavy atom. The smallest absolute Gasteiger partial charge is 0.180 e. The van der Waals surface area contributed by atoms with Crippen LogP contribution in [-0.2, 0) is 13.1 Å². The fourth-order valence-electron chi connectivity index (χ4n) is 3.53. The van der Waals surface area contributed by atoms with Crippen LogP contribution in [0.25, 0.3) is 0 Å². The van der Waals surface area contributed by atoms with E-state index in [1.54, 1.807) is 34.7 Å². The topological polar surface area (TPSA) is 97.1 Å². The lowest BCUT2D eigenvalue weighted by Gasteiger charge is -2.17. The van der Waals surface area contributed by atoms with E-state index in [2.05, 4.69) is 21.7 Å². The van der Waals surface area contributed by atoms with Crippen LogP contribution >= 0.6 is 0 Å². The number of aliphatic imine (C=N–C) groups is 1. The predicted octanol–water partition coefficient (Wildman–Crippen LogP) is 4.72. The second-order valence-electron chi connectivity index (χ2n) is 8.07. The Bertz CT molecular complexity index is 1230. The molecular weight excluding hydrogens is 468 g/mol. The standard InChI is InChI=1S/C29H32N4O4/c1-20-6-8-21(9-7-20)17-31-26(16-30)29(32-18-22-10-12-24(34-2)14-27(22)36-4)33-19-23-11-13-25(35-3)15-28(23)37-5/h6-15,17,32-33H,18-19H2,1-5H3. The van der Waals surface area contributed by atoms with Gasteiger partial charge in [-0.2, -0.15) is 5.26 Å². The van der Waals surface area contributed by atoms with Crippen molar-refractivity contribution >= 4 is 6.21 Å². The molecule has 8 heteroatoms. The maximum Gasteiger partial charge on any atom is 0.180 e. The van der Waals surface area contributed by atoms with Crippen molar-refractivity contribution < 1.29 is 18.9 Å². The zero-order valence-electron chi connectivity index (χ0n) is 21.8. The van der Waals surface area contributed by atoms with Crippen LogP contribution in [0.3, 0.4) is 0 Å². The molecule has 0 atom stereocenters. The number of nitrogens with one attached hydrogen (secondary N) is 2. The lowest BCUT2D eigenvalue weighted by molar-refractivity contribution is 0.389. The Labute approximate surface area is 218 Å². The molecule has 0 aliphatic heterocycles. The lowest BCUT2D eigenvalue weighted by atomic mass is 10.1. The number of aryl methyl sites for hydroxylation is 1. The van der Waals surface area contributed by atoms with E-state index in [9.17, 15) is 5.26 Å². The average Bonchev–Trinajstić information content (AvgIpc) is 2.94. The van der Waals surface area contributed by atoms with Gasteiger partial charge in [0.2, 0.25) is 0 Å². The number of hydrogen-bond donors (Lipinski definition) is 2. The van der Waals surface area contributed by atoms with E-state index in [1.807, 2.05) is 67.6 Å². The van der Waals surface area contributed by atoms with Gasteiger partial charge >= 0.3 is 0 Å². The van der Waals surface area contributed by atoms with Crippen molar-refractivity contribution in [3.63, 3.8) is 0 Å². The van der Waals surface area contributed by atoms with Crippen molar-refractivity contribution in [1.29, 1.82) is 5.26 Å². The summed E-state index contributed by atoms with van der Waals surface area (Å²) in [6.07, 6.45) is 1.67. The Morgan fingerprint density at radius 2 is 1.30 bits per heavy atom. The molecule has 3 aromatic carbocycles. The molecule has 8 nitrogen and oxygen atoms in total. The SMILES string of the molecule is COc1ccc(CNC(NCc2ccc(OC)cc2OC)=C(C#N)N=Cc2ccc(C)cc2)c(OC)c1. The largest absolute Gasteiger partial charge is 0.497 e. The van der Waals surface area contributed by atoms with Gasteiger partial charge < -0.3 is 29.6 Å². The third-order valence-corrected chi connectivity index (χ3v) is 5.66. The number of nitrogens with zero attached hydrogens (tertiary/aromatic N) is 2. The van der Waals surface area contributed by atoms with E-state index in [0.717, 1.165) is 22.3 Å². The maximum atomic E-state index is 9.97. The first-order valence-electron chi connectivity index (χ1n) is 11.7. The van der Waals surface area contributed by atoms with E-state index < -0.39 is 0 Å². The van der Waals surface area contributed by atoms with Gasteiger partial charge in [-0.3, -0.25) is 0 Å². The monoisotopic (exact) mass is 500 g/mol. The van der Waals surface area contributed by atoms with E-state index in [0.29, 0.717) is 41.9 Å². The average molecular weight is 501 g/mol. The molecule has 0 heterocycles. The molecule has 3 rings (SSSR count). The summed E-state index contributed by atoms with van der Waals surface area (Å²) in [4.78, 5) is 4.47. The van der Waals surface area contributed by atoms with Crippen molar-refractivity contribution in [3.05, 3.63) is 94.4 Å². The molecule has 0 fully saturated rings. The fraction of sp³-hybridized carbons (Fsp3) is 0.241. The second-order valence-corrected chi connectivity index (χ2v) is 8.07. The van der Waals surface area contributed by atoms with Gasteiger partial charge in [-0.05, 0) is 36.8 Å². The van der Waals surface area contributed by atoms with E-state index in [-0.39, 0.29) is 5.70 Å². The van der Waals surface area contributed by atoms with Gasteiger partial charge in [-0.1, -0.05) is 29.8 Å². The summed E-state index contributed by atoms with van der Waals surface area (Å²) in [7, 11) is 6.43. The van der Waals surface area contributed by atoms with Crippen molar-refractivity contribution in [2.45, 2.75) is 20.0 Å². The highest BCUT2D eigenvalue weighted by Crippen LogP contribution is 2.26. The third-order valence-electron chi connectivity index (χ3n) is 5.66. The van der Waals surface area contributed by atoms with Gasteiger partial charge in [0.1, 0.15) is 34.9 Å². The highest BCUT2D eigenvalue weighted by atomic mass is 16.5. The molecule has 0 bridgehead atoms. The molecule has 0 saturated heterocycles. The van der Waals surface area contributed by atoms with Crippen LogP contribution in [0, 0.1) is 18.3 Å². The molecule has 37 heavy (non-hydrogen) atoms. The van der Waals surface area contributed by atoms with E-state index in [4.69, 9.17) is 18.9 Å². The molecule has 0 spiro atoms. The van der Waals surface area contributed by atoms with Crippen LogP contribution in [0.4, 0.5) is 0 Å². The van der Waals surface area contributed by atoms with Crippen LogP contribution in [0.15, 0.2) is 77.2 Å². The normalized spacial score (nSPS) is 10.4. The van der Waals surface area contributed by atoms with Gasteiger partial charge in [0.05, 0.1) is 28.4 Å². The van der Waals surface area contributed by atoms with Crippen LogP contribution in [0.1, 0.15) is 22.3 Å². The first-order valence-corrected chi connectivity index (χ1v) is 11.7. The summed E-state index contributed by atoms with van der Waals surface area (Å²) in [5.74, 6) is 3.21. The quantitative estimate of drug-likeness (QED) is 0.274. The lowest BCUT2D eigenvalue weighted by Crippen LogP contribution is -2.27. The molecule has 192 valence electrons. The maximum absolute atomic E-state index is 9.97. The van der Waals surface area contributed by atoms with Gasteiger partial charge in [0, 0.05) is 42.6 Å². The van der Waals surface area contributed by atoms with Crippen molar-refractivity contribution in [2.24, 2.45) is 4.99 Å². The van der Waals surface area contributed by atoms with Crippen LogP contribution in [0.5, 0.6) is 23.0 Å². The van der Waals surface area contributed by atoms with Gasteiger partial charge in [0.25, 0.3) is 0 Å². The minimum absolute atomic E-state index is 0.209. The Hall–Kier alpha value is -4.64. The molecule has 0 radical (unpaired) electrons. The highest BCUT2D eigenvalue weighted by Gasteiger charge is 2.12. The molecule has 0 aliphatic carbocycles. The van der Waals surface area contributed by atoms with Crippen LogP contribution in [0.2, 0.25) is 0 Å². The molecule has 2 N–H and O–H groups in total. The molecule has 0 aromatic heterocycles. The first kappa shape index (κ1) is 27.0. The predicted molar refractivity (Wildman–Crippen MR) is 144 cm³/mol. The Kier molecular flexibility index (Phi) is 9.80. The highest BCUT2D eigenvalue weighted by molar-refractivity contribution is 5.80. The van der Waals surface area contributed by atoms with Crippen molar-refractivity contribution in [1.82, 2.24) is 10.6 Å². The van der Waals surface area contributed by atoms with E-state index >= 15 is 0 Å². The zero-order valence-corrected chi connectivity index (χ0v) is 21.8. The minimum atomic E-state index is 0.209. The number of methoxy groups -OCH3 is 4. The van der Waals surface area contributed by atoms with Gasteiger partial charge in [0.15, 0.2) is 5.70 Å². The minimum Gasteiger partial charge on any atom is -0.497 e. The van der Waals surface area contributed by atoms with Crippen LogP contribution in [-0.4, -0.2) is 34.7 Å². The summed E-state index contributed by atoms with van der Waals surface area (Å²) >= 11 is 0. The first-order chi connectivity index (χ1) is 18.0. The summed E-state index contributed by atoms with van der Waals surface area (Å²) in [5.41, 5.74) is 4.04. The molecule has 0 amide bonds. The summed E-state index contributed by atoms with van der Waals surface area (Å²) in [6, 6.07) is 21.3. The number of allylic oxidation sites excluding steroid dienone is 1. The molecular formula is C29H32N4O4. The molecule has 0 saturated carbocycles. The van der Waals surface area contributed by atoms with Gasteiger partial charge in [-0.15, -0.1) is 0 Å². The number of hydrogen-bond acceptors (Lipinski definition) is 8. The molecule has 0 unspecified atom stereocenters. The Morgan fingerprint density at radius 3 is 1.73 bits per heavy atom. The number of benzene rings is 3. The summed E-state index contributed by atoms with van der Waals surface area (Å²) in [6.45, 7) is 2.80. The second kappa shape index (κ2) is 13.4. The van der Waals surface area contributed by atoms with E-state index in [1.165, 1.54) is 0 Å². The van der Waals surface area contributed by atoms with Crippen molar-refractivity contribution in [2.75, 3.05) is 28.4 Å². The summed E-state index contributed by atoms with van der Waals surface area (Å²) < 4.78 is 21.6. The molecule has 0 aliphatic rings. The van der Waals surface area contributed by atoms with Crippen molar-refractivity contribution in [3.8, 4) is 29.1 Å². The number of rotatable bonds is 12. The third kappa shape index (κ3) is 7.42. The van der Waals surface area contributed by atoms with Gasteiger partial charge in [-0.25, -0.2) is 4.99 Å². The zero-order chi connectivity index (χ0) is 26.6. The Balaban J connectivity index is 1.90. The number of ether oxygens (including phenoxy) is 4. The fourth-order valence-corrected chi connectivity index (χ4v) is 3.53. The number of nitriles is 1. The molecule has 3 aromatic rings. The van der Waals surface area contributed by atoms with Crippen LogP contribution < -0.4 is 29.6 Å².